The number of aromatic nitrogens is 1. The van der Waals surface area contributed by atoms with E-state index in [-0.39, 0.29) is 11.5 Å². The molecule has 0 aliphatic rings. The first-order valence-electron chi connectivity index (χ1n) is 4.40. The molecule has 0 bridgehead atoms. The maximum Gasteiger partial charge on any atom is 0.242 e. The van der Waals surface area contributed by atoms with Crippen molar-refractivity contribution in [3.8, 4) is 0 Å². The summed E-state index contributed by atoms with van der Waals surface area (Å²) < 4.78 is 25.4. The second-order valence-electron chi connectivity index (χ2n) is 2.88. The molecule has 0 unspecified atom stereocenters. The van der Waals surface area contributed by atoms with Gasteiger partial charge in [-0.05, 0) is 18.9 Å². The number of rotatable bonds is 6. The van der Waals surface area contributed by atoms with Crippen molar-refractivity contribution in [3.05, 3.63) is 18.5 Å². The number of aliphatic hydroxyl groups excluding tert-OH is 1. The molecule has 14 heavy (non-hydrogen) atoms. The highest BCUT2D eigenvalue weighted by Gasteiger charge is 2.12. The van der Waals surface area contributed by atoms with E-state index in [9.17, 15) is 8.42 Å². The molecule has 0 radical (unpaired) electrons. The van der Waals surface area contributed by atoms with Crippen molar-refractivity contribution in [3.63, 3.8) is 0 Å². The molecule has 1 aromatic heterocycles. The van der Waals surface area contributed by atoms with Gasteiger partial charge in [0.25, 0.3) is 0 Å². The zero-order valence-electron chi connectivity index (χ0n) is 7.73. The molecule has 5 nitrogen and oxygen atoms in total. The van der Waals surface area contributed by atoms with Crippen LogP contribution in [0.3, 0.4) is 0 Å². The predicted octanol–water partition coefficient (Wildman–Crippen LogP) is 0.0655. The van der Waals surface area contributed by atoms with Crippen LogP contribution >= 0.6 is 0 Å². The van der Waals surface area contributed by atoms with E-state index < -0.39 is 10.0 Å². The second-order valence-corrected chi connectivity index (χ2v) is 4.64. The van der Waals surface area contributed by atoms with Gasteiger partial charge < -0.3 is 10.1 Å². The quantitative estimate of drug-likeness (QED) is 0.591. The Hall–Kier alpha value is -0.850. The molecular formula is C8H14N2O3S. The molecule has 6 heteroatoms. The van der Waals surface area contributed by atoms with Crippen molar-refractivity contribution in [1.82, 2.24) is 9.71 Å². The third-order valence-electron chi connectivity index (χ3n) is 1.76. The monoisotopic (exact) mass is 218 g/mol. The molecule has 0 amide bonds. The molecular weight excluding hydrogens is 204 g/mol. The lowest BCUT2D eigenvalue weighted by Crippen LogP contribution is -2.24. The number of hydrogen-bond acceptors (Lipinski definition) is 3. The summed E-state index contributed by atoms with van der Waals surface area (Å²) in [6.45, 7) is 0.444. The molecule has 1 heterocycles. The zero-order chi connectivity index (χ0) is 10.4. The summed E-state index contributed by atoms with van der Waals surface area (Å²) in [5.41, 5.74) is 0. The third-order valence-corrected chi connectivity index (χ3v) is 3.22. The second kappa shape index (κ2) is 5.14. The van der Waals surface area contributed by atoms with Crippen LogP contribution in [0.25, 0.3) is 0 Å². The van der Waals surface area contributed by atoms with Crippen molar-refractivity contribution in [1.29, 1.82) is 0 Å². The Balaban J connectivity index is 2.44. The van der Waals surface area contributed by atoms with Gasteiger partial charge in [0.1, 0.15) is 0 Å². The molecule has 0 aromatic carbocycles. The van der Waals surface area contributed by atoms with Crippen molar-refractivity contribution >= 4 is 10.0 Å². The van der Waals surface area contributed by atoms with Gasteiger partial charge in [-0.15, -0.1) is 0 Å². The molecule has 0 spiro atoms. The van der Waals surface area contributed by atoms with Gasteiger partial charge in [-0.2, -0.15) is 0 Å². The SMILES string of the molecule is O=S(=O)(NCCCCO)c1cc[nH]c1. The van der Waals surface area contributed by atoms with Crippen LogP contribution in [0.4, 0.5) is 0 Å². The van der Waals surface area contributed by atoms with Crippen LogP contribution < -0.4 is 4.72 Å². The van der Waals surface area contributed by atoms with Gasteiger partial charge in [-0.3, -0.25) is 0 Å². The minimum absolute atomic E-state index is 0.0892. The van der Waals surface area contributed by atoms with E-state index in [4.69, 9.17) is 5.11 Å². The van der Waals surface area contributed by atoms with Gasteiger partial charge in [0.05, 0.1) is 4.90 Å². The molecule has 0 fully saturated rings. The number of unbranched alkanes of at least 4 members (excludes halogenated alkanes) is 1. The normalized spacial score (nSPS) is 11.8. The van der Waals surface area contributed by atoms with Crippen molar-refractivity contribution in [2.75, 3.05) is 13.2 Å². The number of aromatic amines is 1. The van der Waals surface area contributed by atoms with Crippen LogP contribution in [-0.4, -0.2) is 31.7 Å². The van der Waals surface area contributed by atoms with E-state index in [1.807, 2.05) is 0 Å². The van der Waals surface area contributed by atoms with Crippen LogP contribution in [0.5, 0.6) is 0 Å². The van der Waals surface area contributed by atoms with Crippen LogP contribution in [-0.2, 0) is 10.0 Å². The molecule has 80 valence electrons. The lowest BCUT2D eigenvalue weighted by Gasteiger charge is -2.03. The Morgan fingerprint density at radius 3 is 2.79 bits per heavy atom. The van der Waals surface area contributed by atoms with Gasteiger partial charge in [0, 0.05) is 25.5 Å². The van der Waals surface area contributed by atoms with Crippen molar-refractivity contribution in [2.45, 2.75) is 17.7 Å². The van der Waals surface area contributed by atoms with Gasteiger partial charge >= 0.3 is 0 Å². The highest BCUT2D eigenvalue weighted by molar-refractivity contribution is 7.89. The zero-order valence-corrected chi connectivity index (χ0v) is 8.55. The summed E-state index contributed by atoms with van der Waals surface area (Å²) in [5.74, 6) is 0. The maximum atomic E-state index is 11.5. The molecule has 0 saturated heterocycles. The van der Waals surface area contributed by atoms with Crippen LogP contribution in [0.15, 0.2) is 23.4 Å². The van der Waals surface area contributed by atoms with E-state index >= 15 is 0 Å². The lowest BCUT2D eigenvalue weighted by molar-refractivity contribution is 0.285. The van der Waals surface area contributed by atoms with Crippen molar-refractivity contribution in [2.24, 2.45) is 0 Å². The Kier molecular flexibility index (Phi) is 4.12. The molecule has 1 aromatic rings. The summed E-state index contributed by atoms with van der Waals surface area (Å²) in [6.07, 6.45) is 4.23. The Bertz CT molecular complexity index is 345. The predicted molar refractivity (Wildman–Crippen MR) is 52.3 cm³/mol. The molecule has 0 saturated carbocycles. The van der Waals surface area contributed by atoms with Gasteiger partial charge in [0.15, 0.2) is 0 Å². The lowest BCUT2D eigenvalue weighted by atomic mass is 10.3. The number of H-pyrrole nitrogens is 1. The average molecular weight is 218 g/mol. The minimum atomic E-state index is -3.36. The first kappa shape index (κ1) is 11.2. The van der Waals surface area contributed by atoms with Gasteiger partial charge in [0.2, 0.25) is 10.0 Å². The summed E-state index contributed by atoms with van der Waals surface area (Å²) in [4.78, 5) is 2.92. The maximum absolute atomic E-state index is 11.5. The molecule has 3 N–H and O–H groups in total. The van der Waals surface area contributed by atoms with Gasteiger partial charge in [-0.1, -0.05) is 0 Å². The van der Waals surface area contributed by atoms with E-state index in [1.54, 1.807) is 6.20 Å². The first-order chi connectivity index (χ1) is 6.67. The third kappa shape index (κ3) is 3.13. The number of nitrogens with one attached hydrogen (secondary N) is 2. The van der Waals surface area contributed by atoms with Crippen LogP contribution in [0.1, 0.15) is 12.8 Å². The topological polar surface area (TPSA) is 82.2 Å². The summed E-state index contributed by atoms with van der Waals surface area (Å²) in [7, 11) is -3.36. The Labute approximate surface area is 83.2 Å². The molecule has 1 rings (SSSR count). The average Bonchev–Trinajstić information content (AvgIpc) is 2.65. The van der Waals surface area contributed by atoms with Crippen LogP contribution in [0, 0.1) is 0 Å². The molecule has 0 aliphatic heterocycles. The fourth-order valence-corrected chi connectivity index (χ4v) is 2.05. The Morgan fingerprint density at radius 1 is 1.43 bits per heavy atom. The van der Waals surface area contributed by atoms with E-state index in [2.05, 4.69) is 9.71 Å². The first-order valence-corrected chi connectivity index (χ1v) is 5.88. The summed E-state index contributed by atoms with van der Waals surface area (Å²) in [6, 6.07) is 1.49. The summed E-state index contributed by atoms with van der Waals surface area (Å²) in [5, 5.41) is 8.50. The number of hydrogen-bond donors (Lipinski definition) is 3. The fraction of sp³-hybridized carbons (Fsp3) is 0.500. The van der Waals surface area contributed by atoms with Gasteiger partial charge in [-0.25, -0.2) is 13.1 Å². The highest BCUT2D eigenvalue weighted by Crippen LogP contribution is 2.05. The van der Waals surface area contributed by atoms with E-state index in [1.165, 1.54) is 12.3 Å². The molecule has 0 atom stereocenters. The fourth-order valence-electron chi connectivity index (χ4n) is 1.00. The van der Waals surface area contributed by atoms with Crippen LogP contribution in [0.2, 0.25) is 0 Å². The smallest absolute Gasteiger partial charge is 0.242 e. The molecule has 0 aliphatic carbocycles. The highest BCUT2D eigenvalue weighted by atomic mass is 32.2. The minimum Gasteiger partial charge on any atom is -0.396 e. The summed E-state index contributed by atoms with van der Waals surface area (Å²) >= 11 is 0. The van der Waals surface area contributed by atoms with E-state index in [0.717, 1.165) is 0 Å². The number of aliphatic hydroxyl groups is 1. The standard InChI is InChI=1S/C8H14N2O3S/c11-6-2-1-4-10-14(12,13)8-3-5-9-7-8/h3,5,7,9-11H,1-2,4,6H2. The van der Waals surface area contributed by atoms with Crippen molar-refractivity contribution < 1.29 is 13.5 Å². The Morgan fingerprint density at radius 2 is 2.21 bits per heavy atom. The largest absolute Gasteiger partial charge is 0.396 e. The number of sulfonamides is 1. The van der Waals surface area contributed by atoms with E-state index in [0.29, 0.717) is 19.4 Å².